The number of aryl methyl sites for hydroxylation is 1. The molecule has 0 spiro atoms. The van der Waals surface area contributed by atoms with E-state index in [4.69, 9.17) is 4.74 Å². The molecule has 2 aromatic heterocycles. The van der Waals surface area contributed by atoms with Crippen molar-refractivity contribution in [1.29, 1.82) is 0 Å². The van der Waals surface area contributed by atoms with Gasteiger partial charge in [0.05, 0.1) is 23.7 Å². The predicted octanol–water partition coefficient (Wildman–Crippen LogP) is 3.14. The third kappa shape index (κ3) is 2.96. The van der Waals surface area contributed by atoms with Crippen LogP contribution in [0.15, 0.2) is 53.5 Å². The van der Waals surface area contributed by atoms with Crippen LogP contribution < -0.4 is 10.3 Å². The molecule has 5 heteroatoms. The Bertz CT molecular complexity index is 986. The Morgan fingerprint density at radius 2 is 1.96 bits per heavy atom. The number of fused-ring (bicyclic) bond motifs is 1. The van der Waals surface area contributed by atoms with Gasteiger partial charge in [-0.25, -0.2) is 0 Å². The molecule has 0 bridgehead atoms. The minimum Gasteiger partial charge on any atom is -0.497 e. The standard InChI is InChI=1S/C19H16N2O3/c1-12-17(19(23)21-15-4-3-11-20-18(12)15)16(22)10-7-13-5-8-14(24-2)9-6-13/h3-11H,1-2H3,(H,21,23)/b10-7+. The summed E-state index contributed by atoms with van der Waals surface area (Å²) in [6.07, 6.45) is 4.70. The number of nitrogens with zero attached hydrogens (tertiary/aromatic N) is 1. The number of rotatable bonds is 4. The van der Waals surface area contributed by atoms with Gasteiger partial charge in [-0.2, -0.15) is 0 Å². The molecule has 1 N–H and O–H groups in total. The number of ether oxygens (including phenoxy) is 1. The first-order valence-corrected chi connectivity index (χ1v) is 7.44. The van der Waals surface area contributed by atoms with Gasteiger partial charge in [0.1, 0.15) is 5.75 Å². The molecule has 5 nitrogen and oxygen atoms in total. The molecule has 0 fully saturated rings. The Labute approximate surface area is 138 Å². The number of carbonyl (C=O) groups excluding carboxylic acids is 1. The highest BCUT2D eigenvalue weighted by molar-refractivity contribution is 6.09. The average molecular weight is 320 g/mol. The van der Waals surface area contributed by atoms with E-state index in [1.165, 1.54) is 6.08 Å². The summed E-state index contributed by atoms with van der Waals surface area (Å²) in [7, 11) is 1.59. The summed E-state index contributed by atoms with van der Waals surface area (Å²) in [6, 6.07) is 10.8. The molecule has 0 unspecified atom stereocenters. The van der Waals surface area contributed by atoms with Crippen LogP contribution in [0.4, 0.5) is 0 Å². The smallest absolute Gasteiger partial charge is 0.260 e. The van der Waals surface area contributed by atoms with Gasteiger partial charge in [0.15, 0.2) is 5.78 Å². The van der Waals surface area contributed by atoms with Crippen LogP contribution in [-0.4, -0.2) is 22.9 Å². The minimum atomic E-state index is -0.405. The number of H-pyrrole nitrogens is 1. The Morgan fingerprint density at radius 1 is 1.21 bits per heavy atom. The van der Waals surface area contributed by atoms with E-state index in [1.807, 2.05) is 24.3 Å². The van der Waals surface area contributed by atoms with E-state index in [-0.39, 0.29) is 11.3 Å². The van der Waals surface area contributed by atoms with Gasteiger partial charge < -0.3 is 9.72 Å². The average Bonchev–Trinajstić information content (AvgIpc) is 2.60. The van der Waals surface area contributed by atoms with Crippen molar-refractivity contribution in [2.75, 3.05) is 7.11 Å². The van der Waals surface area contributed by atoms with E-state index in [9.17, 15) is 9.59 Å². The zero-order chi connectivity index (χ0) is 17.1. The molecule has 1 aromatic carbocycles. The molecule has 0 saturated carbocycles. The lowest BCUT2D eigenvalue weighted by atomic mass is 10.0. The third-order valence-corrected chi connectivity index (χ3v) is 3.80. The summed E-state index contributed by atoms with van der Waals surface area (Å²) in [5.74, 6) is 0.392. The molecule has 0 aliphatic rings. The van der Waals surface area contributed by atoms with Gasteiger partial charge in [0.25, 0.3) is 5.56 Å². The van der Waals surface area contributed by atoms with Crippen molar-refractivity contribution in [2.45, 2.75) is 6.92 Å². The topological polar surface area (TPSA) is 72.0 Å². The maximum absolute atomic E-state index is 12.5. The van der Waals surface area contributed by atoms with E-state index in [0.29, 0.717) is 16.6 Å². The van der Waals surface area contributed by atoms with Crippen LogP contribution in [0.5, 0.6) is 5.75 Å². The lowest BCUT2D eigenvalue weighted by molar-refractivity contribution is 0.104. The number of methoxy groups -OCH3 is 1. The number of benzene rings is 1. The first-order valence-electron chi connectivity index (χ1n) is 7.44. The fourth-order valence-corrected chi connectivity index (χ4v) is 2.55. The Hall–Kier alpha value is -3.21. The zero-order valence-electron chi connectivity index (χ0n) is 13.4. The van der Waals surface area contributed by atoms with Gasteiger partial charge in [-0.3, -0.25) is 14.6 Å². The first-order chi connectivity index (χ1) is 11.6. The SMILES string of the molecule is COc1ccc(/C=C/C(=O)c2c(C)c3ncccc3[nH]c2=O)cc1. The van der Waals surface area contributed by atoms with Crippen molar-refractivity contribution < 1.29 is 9.53 Å². The highest BCUT2D eigenvalue weighted by atomic mass is 16.5. The summed E-state index contributed by atoms with van der Waals surface area (Å²) in [5, 5.41) is 0. The molecule has 3 aromatic rings. The van der Waals surface area contributed by atoms with Gasteiger partial charge in [-0.15, -0.1) is 0 Å². The summed E-state index contributed by atoms with van der Waals surface area (Å²) in [6.45, 7) is 1.74. The first kappa shape index (κ1) is 15.7. The molecule has 24 heavy (non-hydrogen) atoms. The van der Waals surface area contributed by atoms with Crippen LogP contribution in [0.25, 0.3) is 17.1 Å². The second kappa shape index (κ2) is 6.50. The number of aromatic nitrogens is 2. The fourth-order valence-electron chi connectivity index (χ4n) is 2.55. The van der Waals surface area contributed by atoms with Gasteiger partial charge in [-0.1, -0.05) is 18.2 Å². The molecule has 0 atom stereocenters. The van der Waals surface area contributed by atoms with Gasteiger partial charge >= 0.3 is 0 Å². The largest absolute Gasteiger partial charge is 0.497 e. The normalized spacial score (nSPS) is 11.1. The summed E-state index contributed by atoms with van der Waals surface area (Å²) in [5.41, 5.74) is 2.38. The quantitative estimate of drug-likeness (QED) is 0.592. The number of aromatic amines is 1. The molecular formula is C19H16N2O3. The second-order valence-electron chi connectivity index (χ2n) is 5.32. The van der Waals surface area contributed by atoms with E-state index in [2.05, 4.69) is 9.97 Å². The number of nitrogens with one attached hydrogen (secondary N) is 1. The molecule has 0 amide bonds. The van der Waals surface area contributed by atoms with E-state index in [0.717, 1.165) is 11.3 Å². The third-order valence-electron chi connectivity index (χ3n) is 3.80. The highest BCUT2D eigenvalue weighted by Gasteiger charge is 2.15. The zero-order valence-corrected chi connectivity index (χ0v) is 13.4. The number of carbonyl (C=O) groups is 1. The van der Waals surface area contributed by atoms with Gasteiger partial charge in [0, 0.05) is 6.20 Å². The van der Waals surface area contributed by atoms with Crippen LogP contribution in [0, 0.1) is 6.92 Å². The predicted molar refractivity (Wildman–Crippen MR) is 93.5 cm³/mol. The van der Waals surface area contributed by atoms with Crippen LogP contribution in [0.1, 0.15) is 21.5 Å². The fraction of sp³-hybridized carbons (Fsp3) is 0.105. The summed E-state index contributed by atoms with van der Waals surface area (Å²) in [4.78, 5) is 31.6. The molecule has 0 saturated heterocycles. The van der Waals surface area contributed by atoms with Crippen molar-refractivity contribution >= 4 is 22.9 Å². The van der Waals surface area contributed by atoms with Crippen molar-refractivity contribution in [3.63, 3.8) is 0 Å². The molecule has 120 valence electrons. The van der Waals surface area contributed by atoms with Crippen molar-refractivity contribution in [3.05, 3.63) is 75.7 Å². The number of hydrogen-bond donors (Lipinski definition) is 1. The van der Waals surface area contributed by atoms with Crippen molar-refractivity contribution in [3.8, 4) is 5.75 Å². The van der Waals surface area contributed by atoms with Crippen molar-refractivity contribution in [2.24, 2.45) is 0 Å². The van der Waals surface area contributed by atoms with E-state index < -0.39 is 5.56 Å². The molecule has 0 radical (unpaired) electrons. The summed E-state index contributed by atoms with van der Waals surface area (Å²) < 4.78 is 5.09. The highest BCUT2D eigenvalue weighted by Crippen LogP contribution is 2.16. The number of pyridine rings is 2. The van der Waals surface area contributed by atoms with Crippen LogP contribution in [-0.2, 0) is 0 Å². The van der Waals surface area contributed by atoms with E-state index in [1.54, 1.807) is 38.4 Å². The van der Waals surface area contributed by atoms with Gasteiger partial charge in [-0.05, 0) is 48.4 Å². The summed E-state index contributed by atoms with van der Waals surface area (Å²) >= 11 is 0. The molecule has 0 aliphatic heterocycles. The lowest BCUT2D eigenvalue weighted by Crippen LogP contribution is -2.19. The minimum absolute atomic E-state index is 0.117. The van der Waals surface area contributed by atoms with Crippen LogP contribution >= 0.6 is 0 Å². The molecule has 0 aliphatic carbocycles. The molecular weight excluding hydrogens is 304 g/mol. The number of hydrogen-bond acceptors (Lipinski definition) is 4. The molecule has 2 heterocycles. The maximum Gasteiger partial charge on any atom is 0.260 e. The van der Waals surface area contributed by atoms with Crippen molar-refractivity contribution in [1.82, 2.24) is 9.97 Å². The maximum atomic E-state index is 12.5. The lowest BCUT2D eigenvalue weighted by Gasteiger charge is -2.05. The van der Waals surface area contributed by atoms with Gasteiger partial charge in [0.2, 0.25) is 0 Å². The Morgan fingerprint density at radius 3 is 2.67 bits per heavy atom. The Balaban J connectivity index is 1.96. The molecule has 3 rings (SSSR count). The van der Waals surface area contributed by atoms with E-state index >= 15 is 0 Å². The van der Waals surface area contributed by atoms with Crippen LogP contribution in [0.2, 0.25) is 0 Å². The Kier molecular flexibility index (Phi) is 4.24. The van der Waals surface area contributed by atoms with Crippen LogP contribution in [0.3, 0.4) is 0 Å². The number of ketones is 1. The number of allylic oxidation sites excluding steroid dienone is 1. The monoisotopic (exact) mass is 320 g/mol. The second-order valence-corrected chi connectivity index (χ2v) is 5.32.